The van der Waals surface area contributed by atoms with Crippen LogP contribution in [0.5, 0.6) is 0 Å². The Morgan fingerprint density at radius 1 is 1.18 bits per heavy atom. The highest BCUT2D eigenvalue weighted by atomic mass is 32.2. The van der Waals surface area contributed by atoms with Gasteiger partial charge in [-0.25, -0.2) is 8.42 Å². The summed E-state index contributed by atoms with van der Waals surface area (Å²) in [7, 11) is -3.08. The normalized spacial score (nSPS) is 13.6. The number of nitrogens with two attached hydrogens (primary N) is 1. The zero-order valence-electron chi connectivity index (χ0n) is 10.5. The van der Waals surface area contributed by atoms with Gasteiger partial charge in [0.25, 0.3) is 0 Å². The second kappa shape index (κ2) is 6.17. The van der Waals surface area contributed by atoms with E-state index in [1.807, 2.05) is 12.1 Å². The van der Waals surface area contributed by atoms with E-state index >= 15 is 0 Å². The number of rotatable bonds is 6. The van der Waals surface area contributed by atoms with Crippen LogP contribution in [-0.2, 0) is 16.3 Å². The van der Waals surface area contributed by atoms with Gasteiger partial charge in [0.05, 0.1) is 10.6 Å². The average molecular weight is 255 g/mol. The van der Waals surface area contributed by atoms with Gasteiger partial charge in [-0.05, 0) is 37.0 Å². The second-order valence-electron chi connectivity index (χ2n) is 4.25. The predicted molar refractivity (Wildman–Crippen MR) is 70.8 cm³/mol. The topological polar surface area (TPSA) is 60.2 Å². The van der Waals surface area contributed by atoms with Crippen molar-refractivity contribution in [2.45, 2.75) is 44.0 Å². The van der Waals surface area contributed by atoms with Crippen LogP contribution in [0.1, 0.15) is 32.3 Å². The van der Waals surface area contributed by atoms with Gasteiger partial charge in [-0.1, -0.05) is 26.0 Å². The Labute approximate surface area is 104 Å². The van der Waals surface area contributed by atoms with Gasteiger partial charge in [-0.2, -0.15) is 0 Å². The minimum Gasteiger partial charge on any atom is -0.328 e. The molecule has 0 bridgehead atoms. The lowest BCUT2D eigenvalue weighted by Crippen LogP contribution is -2.19. The second-order valence-corrected chi connectivity index (χ2v) is 6.53. The van der Waals surface area contributed by atoms with Crippen LogP contribution in [0.3, 0.4) is 0 Å². The van der Waals surface area contributed by atoms with E-state index in [0.29, 0.717) is 4.90 Å². The van der Waals surface area contributed by atoms with Gasteiger partial charge in [-0.3, -0.25) is 0 Å². The van der Waals surface area contributed by atoms with Gasteiger partial charge in [0.1, 0.15) is 0 Å². The van der Waals surface area contributed by atoms with Gasteiger partial charge in [0.15, 0.2) is 9.84 Å². The molecular weight excluding hydrogens is 234 g/mol. The van der Waals surface area contributed by atoms with Crippen LogP contribution in [0.4, 0.5) is 0 Å². The summed E-state index contributed by atoms with van der Waals surface area (Å²) in [5, 5.41) is 0. The molecule has 1 atom stereocenters. The van der Waals surface area contributed by atoms with Crippen LogP contribution in [0, 0.1) is 0 Å². The molecule has 0 aliphatic heterocycles. The molecule has 96 valence electrons. The third kappa shape index (κ3) is 4.13. The van der Waals surface area contributed by atoms with Crippen molar-refractivity contribution >= 4 is 9.84 Å². The molecule has 0 amide bonds. The molecule has 1 aromatic rings. The summed E-state index contributed by atoms with van der Waals surface area (Å²) in [6.45, 7) is 3.73. The predicted octanol–water partition coefficient (Wildman–Crippen LogP) is 2.15. The molecule has 1 rings (SSSR count). The molecule has 0 radical (unpaired) electrons. The van der Waals surface area contributed by atoms with Crippen LogP contribution < -0.4 is 5.73 Å². The SMILES string of the molecule is CCC(N)CCc1ccc(S(=O)(=O)CC)cc1. The largest absolute Gasteiger partial charge is 0.328 e. The molecule has 0 aromatic heterocycles. The Balaban J connectivity index is 2.69. The minimum absolute atomic E-state index is 0.146. The van der Waals surface area contributed by atoms with E-state index in [-0.39, 0.29) is 11.8 Å². The summed E-state index contributed by atoms with van der Waals surface area (Å²) in [5.41, 5.74) is 6.99. The summed E-state index contributed by atoms with van der Waals surface area (Å²) < 4.78 is 23.2. The Morgan fingerprint density at radius 3 is 2.24 bits per heavy atom. The monoisotopic (exact) mass is 255 g/mol. The van der Waals surface area contributed by atoms with Gasteiger partial charge in [0.2, 0.25) is 0 Å². The van der Waals surface area contributed by atoms with E-state index in [9.17, 15) is 8.42 Å². The highest BCUT2D eigenvalue weighted by molar-refractivity contribution is 7.91. The number of sulfone groups is 1. The Kier molecular flexibility index (Phi) is 5.15. The zero-order chi connectivity index (χ0) is 12.9. The molecule has 1 unspecified atom stereocenters. The molecule has 0 heterocycles. The van der Waals surface area contributed by atoms with Crippen molar-refractivity contribution in [1.29, 1.82) is 0 Å². The summed E-state index contributed by atoms with van der Waals surface area (Å²) in [4.78, 5) is 0.406. The first-order chi connectivity index (χ1) is 7.99. The summed E-state index contributed by atoms with van der Waals surface area (Å²) in [6, 6.07) is 7.36. The highest BCUT2D eigenvalue weighted by Crippen LogP contribution is 2.14. The molecule has 0 aliphatic rings. The third-order valence-corrected chi connectivity index (χ3v) is 4.74. The van der Waals surface area contributed by atoms with Crippen molar-refractivity contribution in [2.24, 2.45) is 5.73 Å². The number of aryl methyl sites for hydroxylation is 1. The van der Waals surface area contributed by atoms with Crippen LogP contribution in [0.15, 0.2) is 29.2 Å². The molecule has 3 nitrogen and oxygen atoms in total. The summed E-state index contributed by atoms with van der Waals surface area (Å²) in [6.07, 6.45) is 2.82. The van der Waals surface area contributed by atoms with Gasteiger partial charge in [-0.15, -0.1) is 0 Å². The van der Waals surface area contributed by atoms with Crippen LogP contribution in [0.2, 0.25) is 0 Å². The maximum absolute atomic E-state index is 11.6. The Bertz CT molecular complexity index is 437. The van der Waals surface area contributed by atoms with E-state index in [1.54, 1.807) is 19.1 Å². The molecule has 4 heteroatoms. The highest BCUT2D eigenvalue weighted by Gasteiger charge is 2.10. The number of hydrogen-bond donors (Lipinski definition) is 1. The third-order valence-electron chi connectivity index (χ3n) is 2.99. The standard InChI is InChI=1S/C13H21NO2S/c1-3-12(14)8-5-11-6-9-13(10-7-11)17(15,16)4-2/h6-7,9-10,12H,3-5,8,14H2,1-2H3. The fraction of sp³-hybridized carbons (Fsp3) is 0.538. The van der Waals surface area contributed by atoms with Crippen molar-refractivity contribution in [3.05, 3.63) is 29.8 Å². The molecule has 2 N–H and O–H groups in total. The summed E-state index contributed by atoms with van der Waals surface area (Å²) in [5.74, 6) is 0.146. The first-order valence-electron chi connectivity index (χ1n) is 6.07. The quantitative estimate of drug-likeness (QED) is 0.847. The minimum atomic E-state index is -3.08. The summed E-state index contributed by atoms with van der Waals surface area (Å²) >= 11 is 0. The molecule has 1 aromatic carbocycles. The number of hydrogen-bond acceptors (Lipinski definition) is 3. The molecule has 0 spiro atoms. The average Bonchev–Trinajstić information content (AvgIpc) is 2.36. The van der Waals surface area contributed by atoms with Crippen molar-refractivity contribution in [3.63, 3.8) is 0 Å². The van der Waals surface area contributed by atoms with E-state index in [4.69, 9.17) is 5.73 Å². The van der Waals surface area contributed by atoms with Gasteiger partial charge >= 0.3 is 0 Å². The van der Waals surface area contributed by atoms with E-state index < -0.39 is 9.84 Å². The van der Waals surface area contributed by atoms with Crippen molar-refractivity contribution in [3.8, 4) is 0 Å². The Morgan fingerprint density at radius 2 is 1.76 bits per heavy atom. The smallest absolute Gasteiger partial charge is 0.178 e. The maximum Gasteiger partial charge on any atom is 0.178 e. The van der Waals surface area contributed by atoms with Crippen LogP contribution >= 0.6 is 0 Å². The lowest BCUT2D eigenvalue weighted by Gasteiger charge is -2.08. The van der Waals surface area contributed by atoms with Crippen LogP contribution in [0.25, 0.3) is 0 Å². The lowest BCUT2D eigenvalue weighted by molar-refractivity contribution is 0.594. The van der Waals surface area contributed by atoms with Gasteiger partial charge < -0.3 is 5.73 Å². The Hall–Kier alpha value is -0.870. The first kappa shape index (κ1) is 14.2. The zero-order valence-corrected chi connectivity index (χ0v) is 11.3. The lowest BCUT2D eigenvalue weighted by atomic mass is 10.0. The molecule has 0 aliphatic carbocycles. The van der Waals surface area contributed by atoms with Gasteiger partial charge in [0, 0.05) is 6.04 Å². The van der Waals surface area contributed by atoms with Crippen molar-refractivity contribution in [1.82, 2.24) is 0 Å². The number of benzene rings is 1. The molecule has 0 saturated carbocycles. The maximum atomic E-state index is 11.6. The molecule has 0 saturated heterocycles. The van der Waals surface area contributed by atoms with Crippen LogP contribution in [-0.4, -0.2) is 20.2 Å². The van der Waals surface area contributed by atoms with E-state index in [1.165, 1.54) is 0 Å². The fourth-order valence-electron chi connectivity index (χ4n) is 1.59. The first-order valence-corrected chi connectivity index (χ1v) is 7.72. The van der Waals surface area contributed by atoms with E-state index in [0.717, 1.165) is 24.8 Å². The molecule has 0 fully saturated rings. The fourth-order valence-corrected chi connectivity index (χ4v) is 2.47. The molecule has 17 heavy (non-hydrogen) atoms. The van der Waals surface area contributed by atoms with Crippen molar-refractivity contribution in [2.75, 3.05) is 5.75 Å². The van der Waals surface area contributed by atoms with Crippen molar-refractivity contribution < 1.29 is 8.42 Å². The molecular formula is C13H21NO2S. The van der Waals surface area contributed by atoms with E-state index in [2.05, 4.69) is 6.92 Å².